The van der Waals surface area contributed by atoms with Crippen LogP contribution < -0.4 is 4.74 Å². The van der Waals surface area contributed by atoms with E-state index in [1.165, 1.54) is 5.56 Å². The summed E-state index contributed by atoms with van der Waals surface area (Å²) in [6, 6.07) is 8.64. The van der Waals surface area contributed by atoms with Gasteiger partial charge >= 0.3 is 0 Å². The van der Waals surface area contributed by atoms with Crippen LogP contribution in [0.15, 0.2) is 24.3 Å². The van der Waals surface area contributed by atoms with E-state index in [2.05, 4.69) is 17.9 Å². The Labute approximate surface area is 89.6 Å². The summed E-state index contributed by atoms with van der Waals surface area (Å²) < 4.78 is 11.5. The highest BCUT2D eigenvalue weighted by atomic mass is 16.5. The van der Waals surface area contributed by atoms with Crippen molar-refractivity contribution in [2.75, 3.05) is 13.3 Å². The number of fused-ring (bicyclic) bond motifs is 3. The molecular formula is C12H15NO2. The smallest absolute Gasteiger partial charge is 0.144 e. The Morgan fingerprint density at radius 3 is 3.13 bits per heavy atom. The molecule has 0 saturated carbocycles. The van der Waals surface area contributed by atoms with E-state index in [-0.39, 0.29) is 6.23 Å². The Morgan fingerprint density at radius 2 is 2.27 bits per heavy atom. The quantitative estimate of drug-likeness (QED) is 0.701. The zero-order chi connectivity index (χ0) is 10.3. The highest BCUT2D eigenvalue weighted by Crippen LogP contribution is 2.39. The number of benzene rings is 1. The molecule has 0 N–H and O–H groups in total. The summed E-state index contributed by atoms with van der Waals surface area (Å²) in [6.45, 7) is 3.66. The van der Waals surface area contributed by atoms with E-state index in [4.69, 9.17) is 9.47 Å². The van der Waals surface area contributed by atoms with Gasteiger partial charge in [-0.15, -0.1) is 0 Å². The van der Waals surface area contributed by atoms with Gasteiger partial charge in [-0.1, -0.05) is 25.1 Å². The van der Waals surface area contributed by atoms with Crippen molar-refractivity contribution in [3.05, 3.63) is 29.8 Å². The second kappa shape index (κ2) is 3.51. The zero-order valence-corrected chi connectivity index (χ0v) is 8.85. The van der Waals surface area contributed by atoms with E-state index < -0.39 is 0 Å². The molecule has 0 aliphatic carbocycles. The van der Waals surface area contributed by atoms with E-state index in [0.29, 0.717) is 12.8 Å². The molecule has 3 heteroatoms. The number of para-hydroxylation sites is 1. The van der Waals surface area contributed by atoms with Gasteiger partial charge in [-0.05, 0) is 12.5 Å². The Hall–Kier alpha value is -1.06. The maximum Gasteiger partial charge on any atom is 0.144 e. The van der Waals surface area contributed by atoms with E-state index in [0.717, 1.165) is 18.8 Å². The largest absolute Gasteiger partial charge is 0.478 e. The van der Waals surface area contributed by atoms with Crippen molar-refractivity contribution in [2.24, 2.45) is 0 Å². The highest BCUT2D eigenvalue weighted by molar-refractivity contribution is 5.36. The van der Waals surface area contributed by atoms with Gasteiger partial charge in [0.05, 0.1) is 6.61 Å². The lowest BCUT2D eigenvalue weighted by atomic mass is 10.1. The van der Waals surface area contributed by atoms with Gasteiger partial charge in [-0.2, -0.15) is 0 Å². The summed E-state index contributed by atoms with van der Waals surface area (Å²) >= 11 is 0. The fraction of sp³-hybridized carbons (Fsp3) is 0.500. The molecular weight excluding hydrogens is 190 g/mol. The van der Waals surface area contributed by atoms with Crippen LogP contribution in [0, 0.1) is 0 Å². The second-order valence-corrected chi connectivity index (χ2v) is 4.07. The average Bonchev–Trinajstić information content (AvgIpc) is 2.72. The van der Waals surface area contributed by atoms with Crippen LogP contribution in [-0.2, 0) is 4.74 Å². The molecule has 1 fully saturated rings. The van der Waals surface area contributed by atoms with E-state index >= 15 is 0 Å². The summed E-state index contributed by atoms with van der Waals surface area (Å²) in [4.78, 5) is 2.29. The molecule has 2 aliphatic heterocycles. The Bertz CT molecular complexity index is 366. The van der Waals surface area contributed by atoms with Gasteiger partial charge < -0.3 is 9.47 Å². The van der Waals surface area contributed by atoms with Crippen molar-refractivity contribution < 1.29 is 9.47 Å². The molecule has 0 radical (unpaired) electrons. The van der Waals surface area contributed by atoms with E-state index in [1.54, 1.807) is 0 Å². The third-order valence-corrected chi connectivity index (χ3v) is 3.24. The molecule has 2 heterocycles. The van der Waals surface area contributed by atoms with Crippen molar-refractivity contribution >= 4 is 0 Å². The number of hydrogen-bond donors (Lipinski definition) is 0. The van der Waals surface area contributed by atoms with Gasteiger partial charge in [0.2, 0.25) is 0 Å². The molecule has 0 spiro atoms. The van der Waals surface area contributed by atoms with Crippen LogP contribution in [0.3, 0.4) is 0 Å². The van der Waals surface area contributed by atoms with E-state index in [1.807, 2.05) is 18.2 Å². The third-order valence-electron chi connectivity index (χ3n) is 3.24. The summed E-state index contributed by atoms with van der Waals surface area (Å²) in [6.07, 6.45) is 1.22. The first kappa shape index (κ1) is 9.19. The summed E-state index contributed by atoms with van der Waals surface area (Å²) in [5, 5.41) is 0. The molecule has 2 unspecified atom stereocenters. The minimum absolute atomic E-state index is 0.111. The molecule has 3 nitrogen and oxygen atoms in total. The standard InChI is InChI=1S/C12H15NO2/c1-2-9-7-14-12-10-5-3-4-6-11(10)15-8-13(9)12/h3-6,9,12H,2,7-8H2,1H3. The number of rotatable bonds is 1. The van der Waals surface area contributed by atoms with Crippen LogP contribution in [0.25, 0.3) is 0 Å². The van der Waals surface area contributed by atoms with Crippen LogP contribution in [0.2, 0.25) is 0 Å². The predicted molar refractivity (Wildman–Crippen MR) is 56.5 cm³/mol. The first-order chi connectivity index (χ1) is 7.40. The Kier molecular flexibility index (Phi) is 2.15. The molecule has 1 aromatic rings. The maximum absolute atomic E-state index is 5.83. The van der Waals surface area contributed by atoms with Gasteiger partial charge in [-0.25, -0.2) is 4.90 Å². The number of hydrogen-bond acceptors (Lipinski definition) is 3. The minimum Gasteiger partial charge on any atom is -0.478 e. The second-order valence-electron chi connectivity index (χ2n) is 4.07. The van der Waals surface area contributed by atoms with Crippen molar-refractivity contribution in [2.45, 2.75) is 25.6 Å². The van der Waals surface area contributed by atoms with Gasteiger partial charge in [0.25, 0.3) is 0 Å². The topological polar surface area (TPSA) is 21.7 Å². The lowest BCUT2D eigenvalue weighted by Gasteiger charge is -2.33. The number of nitrogens with zero attached hydrogens (tertiary/aromatic N) is 1. The lowest BCUT2D eigenvalue weighted by molar-refractivity contribution is -0.0306. The van der Waals surface area contributed by atoms with Crippen LogP contribution >= 0.6 is 0 Å². The van der Waals surface area contributed by atoms with Crippen molar-refractivity contribution in [1.82, 2.24) is 4.90 Å². The minimum atomic E-state index is 0.111. The van der Waals surface area contributed by atoms with Crippen molar-refractivity contribution in [1.29, 1.82) is 0 Å². The Morgan fingerprint density at radius 1 is 1.40 bits per heavy atom. The predicted octanol–water partition coefficient (Wildman–Crippen LogP) is 2.15. The molecule has 15 heavy (non-hydrogen) atoms. The van der Waals surface area contributed by atoms with Crippen LogP contribution in [0.5, 0.6) is 5.75 Å². The van der Waals surface area contributed by atoms with Gasteiger partial charge in [0.1, 0.15) is 18.7 Å². The molecule has 80 valence electrons. The van der Waals surface area contributed by atoms with Crippen molar-refractivity contribution in [3.63, 3.8) is 0 Å². The van der Waals surface area contributed by atoms with Crippen LogP contribution in [0.1, 0.15) is 25.1 Å². The van der Waals surface area contributed by atoms with Crippen LogP contribution in [0.4, 0.5) is 0 Å². The molecule has 0 bridgehead atoms. The summed E-state index contributed by atoms with van der Waals surface area (Å²) in [7, 11) is 0. The molecule has 2 atom stereocenters. The maximum atomic E-state index is 5.83. The molecule has 1 saturated heterocycles. The molecule has 0 amide bonds. The first-order valence-electron chi connectivity index (χ1n) is 5.49. The lowest BCUT2D eigenvalue weighted by Crippen LogP contribution is -2.38. The van der Waals surface area contributed by atoms with Crippen molar-refractivity contribution in [3.8, 4) is 5.75 Å². The van der Waals surface area contributed by atoms with Gasteiger partial charge in [-0.3, -0.25) is 0 Å². The van der Waals surface area contributed by atoms with E-state index in [9.17, 15) is 0 Å². The molecule has 3 rings (SSSR count). The summed E-state index contributed by atoms with van der Waals surface area (Å²) in [5.74, 6) is 0.968. The first-order valence-corrected chi connectivity index (χ1v) is 5.49. The average molecular weight is 205 g/mol. The fourth-order valence-corrected chi connectivity index (χ4v) is 2.34. The number of ether oxygens (including phenoxy) is 2. The zero-order valence-electron chi connectivity index (χ0n) is 8.85. The summed E-state index contributed by atoms with van der Waals surface area (Å²) in [5.41, 5.74) is 1.17. The molecule has 1 aromatic carbocycles. The Balaban J connectivity index is 1.96. The third kappa shape index (κ3) is 1.34. The fourth-order valence-electron chi connectivity index (χ4n) is 2.34. The van der Waals surface area contributed by atoms with Gasteiger partial charge in [0.15, 0.2) is 0 Å². The highest BCUT2D eigenvalue weighted by Gasteiger charge is 2.38. The normalized spacial score (nSPS) is 29.4. The molecule has 2 aliphatic rings. The SMILES string of the molecule is CCC1COC2c3ccccc3OCN12. The van der Waals surface area contributed by atoms with Crippen LogP contribution in [-0.4, -0.2) is 24.3 Å². The molecule has 0 aromatic heterocycles. The monoisotopic (exact) mass is 205 g/mol. The van der Waals surface area contributed by atoms with Gasteiger partial charge in [0, 0.05) is 11.6 Å².